The molecule has 0 spiro atoms. The van der Waals surface area contributed by atoms with Crippen LogP contribution >= 0.6 is 0 Å². The number of amides is 4. The molecule has 15 heteroatoms. The monoisotopic (exact) mass is 832 g/mol. The van der Waals surface area contributed by atoms with Crippen molar-refractivity contribution in [2.24, 2.45) is 17.8 Å². The van der Waals surface area contributed by atoms with Gasteiger partial charge in [0.15, 0.2) is 0 Å². The standard InChI is InChI=1S/C46H56N8O7/c1-9-25(5)39(52-46(58)60-8)44(56)54-26(6)10-15-35(54)42-48-33-14-12-27-18-32-30-13-11-28(17-29(30)22-61-37(32)19-31(27)40(33)50-42)34-20-47-41(49-34)36-16-24(4)21-53(36)43(55)38(23(2)3)51-45(57)59-7/h11-14,17-20,23-26,35-36,38-39H,9-10,15-16,21-22H2,1-8H3,(H,47,49)(H,48,50)(H,51,57)(H,52,58)/t24-,25+,26-,35-,36-,38-,39?/m0/s1. The Morgan fingerprint density at radius 2 is 1.64 bits per heavy atom. The number of aromatic nitrogens is 4. The van der Waals surface area contributed by atoms with E-state index >= 15 is 0 Å². The van der Waals surface area contributed by atoms with Gasteiger partial charge in [-0.15, -0.1) is 0 Å². The van der Waals surface area contributed by atoms with Gasteiger partial charge in [0.2, 0.25) is 11.8 Å². The van der Waals surface area contributed by atoms with E-state index in [2.05, 4.69) is 63.9 Å². The Balaban J connectivity index is 1.05. The predicted octanol–water partition coefficient (Wildman–Crippen LogP) is 7.78. The summed E-state index contributed by atoms with van der Waals surface area (Å²) < 4.78 is 16.1. The van der Waals surface area contributed by atoms with Crippen molar-refractivity contribution in [1.29, 1.82) is 0 Å². The maximum absolute atomic E-state index is 14.1. The lowest BCUT2D eigenvalue weighted by Gasteiger charge is -2.33. The van der Waals surface area contributed by atoms with Gasteiger partial charge in [-0.1, -0.05) is 59.2 Å². The first kappa shape index (κ1) is 41.6. The average Bonchev–Trinajstić information content (AvgIpc) is 4.08. The largest absolute Gasteiger partial charge is 0.488 e. The molecule has 0 radical (unpaired) electrons. The molecule has 0 aliphatic carbocycles. The second-order valence-electron chi connectivity index (χ2n) is 17.4. The van der Waals surface area contributed by atoms with E-state index < -0.39 is 24.3 Å². The van der Waals surface area contributed by atoms with Crippen LogP contribution in [0.4, 0.5) is 9.59 Å². The number of ether oxygens (including phenoxy) is 3. The second kappa shape index (κ2) is 16.7. The Kier molecular flexibility index (Phi) is 11.4. The molecule has 5 aromatic rings. The Hall–Kier alpha value is -6.12. The maximum atomic E-state index is 14.1. The lowest BCUT2D eigenvalue weighted by Crippen LogP contribution is -2.53. The maximum Gasteiger partial charge on any atom is 0.407 e. The summed E-state index contributed by atoms with van der Waals surface area (Å²) in [6.07, 6.45) is 3.60. The summed E-state index contributed by atoms with van der Waals surface area (Å²) in [5.74, 6) is 1.97. The van der Waals surface area contributed by atoms with Gasteiger partial charge in [0.1, 0.15) is 36.1 Å². The van der Waals surface area contributed by atoms with Gasteiger partial charge in [0, 0.05) is 23.5 Å². The first-order chi connectivity index (χ1) is 29.3. The molecule has 2 saturated heterocycles. The van der Waals surface area contributed by atoms with Gasteiger partial charge in [-0.25, -0.2) is 19.6 Å². The zero-order chi connectivity index (χ0) is 43.3. The molecule has 4 amide bonds. The van der Waals surface area contributed by atoms with Crippen LogP contribution in [0.3, 0.4) is 0 Å². The van der Waals surface area contributed by atoms with Crippen molar-refractivity contribution in [2.45, 2.75) is 104 Å². The zero-order valence-corrected chi connectivity index (χ0v) is 36.1. The molecule has 8 rings (SSSR count). The van der Waals surface area contributed by atoms with Crippen molar-refractivity contribution in [2.75, 3.05) is 20.8 Å². The minimum Gasteiger partial charge on any atom is -0.488 e. The summed E-state index contributed by atoms with van der Waals surface area (Å²) in [5, 5.41) is 7.51. The number of imidazole rings is 2. The SMILES string of the molecule is CC[C@@H](C)C(NC(=O)OC)C(=O)N1[C@@H](C)CC[C@H]1c1nc2ccc3cc4c(cc3c2[nH]1)OCc1cc(-c2cnc([C@@H]3C[C@H](C)CN3C(=O)[C@@H](NC(=O)OC)C(C)C)[nH]2)ccc1-4. The first-order valence-corrected chi connectivity index (χ1v) is 21.4. The van der Waals surface area contributed by atoms with Crippen LogP contribution in [0, 0.1) is 17.8 Å². The molecule has 1 unspecified atom stereocenters. The van der Waals surface area contributed by atoms with E-state index in [9.17, 15) is 19.2 Å². The number of hydrogen-bond acceptors (Lipinski definition) is 9. The number of nitrogens with zero attached hydrogens (tertiary/aromatic N) is 4. The van der Waals surface area contributed by atoms with E-state index in [1.54, 1.807) is 0 Å². The number of nitrogens with one attached hydrogen (secondary N) is 4. The summed E-state index contributed by atoms with van der Waals surface area (Å²) in [4.78, 5) is 72.9. The number of carbonyl (C=O) groups excluding carboxylic acids is 4. The molecule has 3 aliphatic heterocycles. The summed E-state index contributed by atoms with van der Waals surface area (Å²) >= 11 is 0. The van der Waals surface area contributed by atoms with E-state index in [1.807, 2.05) is 56.7 Å². The van der Waals surface area contributed by atoms with Gasteiger partial charge in [0.05, 0.1) is 49.2 Å². The highest BCUT2D eigenvalue weighted by molar-refractivity contribution is 6.07. The molecule has 2 aromatic heterocycles. The molecular formula is C46H56N8O7. The number of fused-ring (bicyclic) bond motifs is 6. The summed E-state index contributed by atoms with van der Waals surface area (Å²) in [5.41, 5.74) is 6.60. The Morgan fingerprint density at radius 3 is 2.36 bits per heavy atom. The second-order valence-corrected chi connectivity index (χ2v) is 17.4. The summed E-state index contributed by atoms with van der Waals surface area (Å²) in [7, 11) is 2.60. The molecule has 3 aliphatic rings. The molecule has 3 aromatic carbocycles. The van der Waals surface area contributed by atoms with Crippen molar-refractivity contribution in [3.63, 3.8) is 0 Å². The number of carbonyl (C=O) groups is 4. The topological polar surface area (TPSA) is 184 Å². The number of hydrogen-bond donors (Lipinski definition) is 4. The average molecular weight is 833 g/mol. The van der Waals surface area contributed by atoms with E-state index in [1.165, 1.54) is 14.2 Å². The quantitative estimate of drug-likeness (QED) is 0.109. The normalized spacial score (nSPS) is 21.1. The fourth-order valence-corrected chi connectivity index (χ4v) is 9.37. The number of rotatable bonds is 10. The molecule has 0 bridgehead atoms. The molecule has 5 heterocycles. The van der Waals surface area contributed by atoms with Gasteiger partial charge in [-0.3, -0.25) is 9.59 Å². The fraction of sp³-hybridized carbons (Fsp3) is 0.478. The number of likely N-dealkylation sites (tertiary alicyclic amines) is 2. The third-order valence-corrected chi connectivity index (χ3v) is 13.0. The molecule has 4 N–H and O–H groups in total. The van der Waals surface area contributed by atoms with Gasteiger partial charge >= 0.3 is 12.2 Å². The third-order valence-electron chi connectivity index (χ3n) is 13.0. The predicted molar refractivity (Wildman–Crippen MR) is 230 cm³/mol. The van der Waals surface area contributed by atoms with Crippen LogP contribution in [-0.2, 0) is 25.7 Å². The van der Waals surface area contributed by atoms with Crippen molar-refractivity contribution in [3.8, 4) is 28.1 Å². The van der Waals surface area contributed by atoms with Crippen LogP contribution in [0.2, 0.25) is 0 Å². The molecule has 61 heavy (non-hydrogen) atoms. The van der Waals surface area contributed by atoms with Crippen LogP contribution in [0.1, 0.15) is 96.5 Å². The molecule has 322 valence electrons. The minimum absolute atomic E-state index is 0.0252. The molecule has 0 saturated carbocycles. The van der Waals surface area contributed by atoms with Crippen molar-refractivity contribution < 1.29 is 33.4 Å². The van der Waals surface area contributed by atoms with Crippen LogP contribution < -0.4 is 15.4 Å². The van der Waals surface area contributed by atoms with Gasteiger partial charge in [0.25, 0.3) is 0 Å². The molecule has 7 atom stereocenters. The Morgan fingerprint density at radius 1 is 0.885 bits per heavy atom. The van der Waals surface area contributed by atoms with Crippen LogP contribution in [-0.4, -0.2) is 92.6 Å². The Labute approximate surface area is 355 Å². The molecule has 2 fully saturated rings. The number of aromatic amines is 2. The number of alkyl carbamates (subject to hydrolysis) is 2. The fourth-order valence-electron chi connectivity index (χ4n) is 9.37. The number of methoxy groups -OCH3 is 2. The smallest absolute Gasteiger partial charge is 0.407 e. The van der Waals surface area contributed by atoms with E-state index in [0.29, 0.717) is 19.0 Å². The highest BCUT2D eigenvalue weighted by Gasteiger charge is 2.42. The summed E-state index contributed by atoms with van der Waals surface area (Å²) in [6, 6.07) is 12.7. The van der Waals surface area contributed by atoms with Crippen molar-refractivity contribution >= 4 is 45.8 Å². The highest BCUT2D eigenvalue weighted by Crippen LogP contribution is 2.44. The lowest BCUT2D eigenvalue weighted by molar-refractivity contribution is -0.137. The first-order valence-electron chi connectivity index (χ1n) is 21.4. The Bertz CT molecular complexity index is 2490. The zero-order valence-electron chi connectivity index (χ0n) is 36.1. The van der Waals surface area contributed by atoms with Crippen LogP contribution in [0.25, 0.3) is 44.2 Å². The molecule has 15 nitrogen and oxygen atoms in total. The summed E-state index contributed by atoms with van der Waals surface area (Å²) in [6.45, 7) is 12.9. The third kappa shape index (κ3) is 7.74. The lowest BCUT2D eigenvalue weighted by atomic mass is 9.92. The van der Waals surface area contributed by atoms with E-state index in [-0.39, 0.29) is 47.7 Å². The van der Waals surface area contributed by atoms with E-state index in [0.717, 1.165) is 87.0 Å². The minimum atomic E-state index is -0.714. The number of H-pyrrole nitrogens is 2. The van der Waals surface area contributed by atoms with Gasteiger partial charge in [-0.05, 0) is 90.3 Å². The van der Waals surface area contributed by atoms with Crippen molar-refractivity contribution in [3.05, 3.63) is 65.9 Å². The van der Waals surface area contributed by atoms with Crippen LogP contribution in [0.15, 0.2) is 48.7 Å². The van der Waals surface area contributed by atoms with E-state index in [4.69, 9.17) is 24.2 Å². The van der Waals surface area contributed by atoms with Gasteiger partial charge < -0.3 is 44.6 Å². The number of benzene rings is 3. The molecular weight excluding hydrogens is 777 g/mol. The highest BCUT2D eigenvalue weighted by atomic mass is 16.5. The van der Waals surface area contributed by atoms with Gasteiger partial charge in [-0.2, -0.15) is 0 Å². The van der Waals surface area contributed by atoms with Crippen molar-refractivity contribution in [1.82, 2.24) is 40.4 Å². The van der Waals surface area contributed by atoms with Crippen LogP contribution in [0.5, 0.6) is 5.75 Å².